The normalized spacial score (nSPS) is 11.0. The van der Waals surface area contributed by atoms with Crippen molar-refractivity contribution >= 4 is 33.2 Å². The van der Waals surface area contributed by atoms with Gasteiger partial charge in [0.25, 0.3) is 0 Å². The minimum atomic E-state index is -3.75. The molecule has 132 valence electrons. The lowest BCUT2D eigenvalue weighted by Gasteiger charge is -2.21. The fourth-order valence-corrected chi connectivity index (χ4v) is 2.91. The number of amides is 2. The molecule has 0 radical (unpaired) electrons. The van der Waals surface area contributed by atoms with E-state index in [0.717, 1.165) is 22.7 Å². The molecule has 0 aromatic heterocycles. The molecule has 2 rings (SSSR count). The van der Waals surface area contributed by atoms with Gasteiger partial charge in [0.15, 0.2) is 0 Å². The van der Waals surface area contributed by atoms with Crippen LogP contribution in [0.2, 0.25) is 0 Å². The summed E-state index contributed by atoms with van der Waals surface area (Å²) < 4.78 is 37.7. The number of hydrogen-bond acceptors (Lipinski definition) is 4. The first-order chi connectivity index (χ1) is 11.7. The zero-order chi connectivity index (χ0) is 18.6. The Morgan fingerprint density at radius 2 is 1.64 bits per heavy atom. The third-order valence-electron chi connectivity index (χ3n) is 3.26. The number of sulfonamides is 1. The first-order valence-electron chi connectivity index (χ1n) is 7.10. The van der Waals surface area contributed by atoms with Crippen LogP contribution in [0, 0.1) is 5.82 Å². The molecular weight excluding hydrogens is 349 g/mol. The fraction of sp³-hybridized carbons (Fsp3) is 0.125. The second-order valence-electron chi connectivity index (χ2n) is 5.24. The molecule has 0 aliphatic rings. The molecule has 0 atom stereocenters. The summed E-state index contributed by atoms with van der Waals surface area (Å²) >= 11 is 0. The summed E-state index contributed by atoms with van der Waals surface area (Å²) in [6.07, 6.45) is 0.950. The highest BCUT2D eigenvalue weighted by atomic mass is 32.2. The molecule has 0 heterocycles. The van der Waals surface area contributed by atoms with Gasteiger partial charge in [-0.05, 0) is 48.5 Å². The molecule has 25 heavy (non-hydrogen) atoms. The average Bonchev–Trinajstić information content (AvgIpc) is 2.53. The maximum atomic E-state index is 13.0. The van der Waals surface area contributed by atoms with E-state index in [4.69, 9.17) is 5.73 Å². The third kappa shape index (κ3) is 5.01. The summed E-state index contributed by atoms with van der Waals surface area (Å²) in [5.41, 5.74) is 5.95. The monoisotopic (exact) mass is 365 g/mol. The quantitative estimate of drug-likeness (QED) is 0.805. The predicted octanol–water partition coefficient (Wildman–Crippen LogP) is 1.33. The lowest BCUT2D eigenvalue weighted by atomic mass is 10.2. The number of nitrogens with two attached hydrogens (primary N) is 1. The largest absolute Gasteiger partial charge is 0.366 e. The number of anilines is 2. The van der Waals surface area contributed by atoms with Crippen LogP contribution < -0.4 is 15.4 Å². The van der Waals surface area contributed by atoms with Crippen LogP contribution in [0.4, 0.5) is 15.8 Å². The first kappa shape index (κ1) is 18.4. The Morgan fingerprint density at radius 1 is 1.08 bits per heavy atom. The van der Waals surface area contributed by atoms with Crippen LogP contribution in [0.15, 0.2) is 48.5 Å². The maximum absolute atomic E-state index is 13.0. The van der Waals surface area contributed by atoms with E-state index in [1.807, 2.05) is 0 Å². The molecule has 7 nitrogen and oxygen atoms in total. The van der Waals surface area contributed by atoms with Gasteiger partial charge in [-0.2, -0.15) is 0 Å². The van der Waals surface area contributed by atoms with E-state index >= 15 is 0 Å². The Kier molecular flexibility index (Phi) is 5.38. The number of primary amides is 1. The highest BCUT2D eigenvalue weighted by Crippen LogP contribution is 2.18. The SMILES string of the molecule is CS(=O)(=O)N(CC(=O)Nc1ccc(C(N)=O)cc1)c1ccc(F)cc1. The Labute approximate surface area is 144 Å². The predicted molar refractivity (Wildman–Crippen MR) is 92.2 cm³/mol. The zero-order valence-corrected chi connectivity index (χ0v) is 14.1. The maximum Gasteiger partial charge on any atom is 0.248 e. The van der Waals surface area contributed by atoms with Crippen molar-refractivity contribution < 1.29 is 22.4 Å². The molecule has 0 unspecified atom stereocenters. The number of hydrogen-bond donors (Lipinski definition) is 2. The minimum Gasteiger partial charge on any atom is -0.366 e. The van der Waals surface area contributed by atoms with Crippen molar-refractivity contribution in [2.75, 3.05) is 22.4 Å². The summed E-state index contributed by atoms with van der Waals surface area (Å²) in [6.45, 7) is -0.484. The standard InChI is InChI=1S/C16H16FN3O4S/c1-25(23,24)20(14-8-4-12(17)5-9-14)10-15(21)19-13-6-2-11(3-7-13)16(18)22/h2-9H,10H2,1H3,(H2,18,22)(H,19,21). The van der Waals surface area contributed by atoms with Gasteiger partial charge in [0.05, 0.1) is 11.9 Å². The van der Waals surface area contributed by atoms with Gasteiger partial charge in [-0.3, -0.25) is 13.9 Å². The second-order valence-corrected chi connectivity index (χ2v) is 7.14. The number of rotatable bonds is 6. The van der Waals surface area contributed by atoms with Crippen LogP contribution in [0.25, 0.3) is 0 Å². The summed E-state index contributed by atoms with van der Waals surface area (Å²) in [4.78, 5) is 23.2. The molecule has 0 saturated carbocycles. The lowest BCUT2D eigenvalue weighted by molar-refractivity contribution is -0.114. The fourth-order valence-electron chi connectivity index (χ4n) is 2.06. The highest BCUT2D eigenvalue weighted by Gasteiger charge is 2.21. The number of halogens is 1. The first-order valence-corrected chi connectivity index (χ1v) is 8.94. The van der Waals surface area contributed by atoms with Gasteiger partial charge in [0.1, 0.15) is 12.4 Å². The summed E-state index contributed by atoms with van der Waals surface area (Å²) in [6, 6.07) is 10.6. The highest BCUT2D eigenvalue weighted by molar-refractivity contribution is 7.92. The molecule has 0 saturated heterocycles. The van der Waals surface area contributed by atoms with E-state index in [2.05, 4.69) is 5.32 Å². The number of carbonyl (C=O) groups is 2. The molecule has 0 fully saturated rings. The van der Waals surface area contributed by atoms with E-state index in [9.17, 15) is 22.4 Å². The summed E-state index contributed by atoms with van der Waals surface area (Å²) in [5, 5.41) is 2.52. The van der Waals surface area contributed by atoms with Crippen molar-refractivity contribution in [3.63, 3.8) is 0 Å². The number of nitrogens with one attached hydrogen (secondary N) is 1. The molecular formula is C16H16FN3O4S. The Morgan fingerprint density at radius 3 is 2.12 bits per heavy atom. The van der Waals surface area contributed by atoms with E-state index < -0.39 is 34.2 Å². The molecule has 0 aliphatic carbocycles. The summed E-state index contributed by atoms with van der Waals surface area (Å²) in [7, 11) is -3.75. The Bertz CT molecular complexity index is 881. The lowest BCUT2D eigenvalue weighted by Crippen LogP contribution is -2.37. The Hall–Kier alpha value is -2.94. The van der Waals surface area contributed by atoms with Crippen molar-refractivity contribution in [3.05, 3.63) is 59.9 Å². The van der Waals surface area contributed by atoms with Gasteiger partial charge in [-0.25, -0.2) is 12.8 Å². The average molecular weight is 365 g/mol. The van der Waals surface area contributed by atoms with Gasteiger partial charge >= 0.3 is 0 Å². The topological polar surface area (TPSA) is 110 Å². The molecule has 2 aromatic rings. The van der Waals surface area contributed by atoms with Crippen molar-refractivity contribution in [1.82, 2.24) is 0 Å². The number of carbonyl (C=O) groups excluding carboxylic acids is 2. The molecule has 0 aliphatic heterocycles. The minimum absolute atomic E-state index is 0.170. The van der Waals surface area contributed by atoms with Crippen LogP contribution in [0.5, 0.6) is 0 Å². The van der Waals surface area contributed by atoms with Crippen molar-refractivity contribution in [3.8, 4) is 0 Å². The number of nitrogens with zero attached hydrogens (tertiary/aromatic N) is 1. The van der Waals surface area contributed by atoms with Gasteiger partial charge in [0, 0.05) is 11.3 Å². The second kappa shape index (κ2) is 7.31. The smallest absolute Gasteiger partial charge is 0.248 e. The Balaban J connectivity index is 2.14. The molecule has 3 N–H and O–H groups in total. The van der Waals surface area contributed by atoms with E-state index in [-0.39, 0.29) is 11.3 Å². The van der Waals surface area contributed by atoms with Crippen LogP contribution in [-0.2, 0) is 14.8 Å². The van der Waals surface area contributed by atoms with Crippen LogP contribution in [0.3, 0.4) is 0 Å². The summed E-state index contributed by atoms with van der Waals surface area (Å²) in [5.74, 6) is -1.71. The van der Waals surface area contributed by atoms with Crippen LogP contribution in [0.1, 0.15) is 10.4 Å². The van der Waals surface area contributed by atoms with Crippen molar-refractivity contribution in [2.45, 2.75) is 0 Å². The molecule has 9 heteroatoms. The van der Waals surface area contributed by atoms with Crippen molar-refractivity contribution in [1.29, 1.82) is 0 Å². The van der Waals surface area contributed by atoms with Gasteiger partial charge < -0.3 is 11.1 Å². The van der Waals surface area contributed by atoms with E-state index in [1.165, 1.54) is 36.4 Å². The zero-order valence-electron chi connectivity index (χ0n) is 13.3. The van der Waals surface area contributed by atoms with Gasteiger partial charge in [0.2, 0.25) is 21.8 Å². The van der Waals surface area contributed by atoms with Crippen LogP contribution >= 0.6 is 0 Å². The van der Waals surface area contributed by atoms with E-state index in [0.29, 0.717) is 5.69 Å². The van der Waals surface area contributed by atoms with E-state index in [1.54, 1.807) is 0 Å². The van der Waals surface area contributed by atoms with Gasteiger partial charge in [-0.15, -0.1) is 0 Å². The third-order valence-corrected chi connectivity index (χ3v) is 4.40. The van der Waals surface area contributed by atoms with Crippen molar-refractivity contribution in [2.24, 2.45) is 5.73 Å². The molecule has 2 amide bonds. The molecule has 2 aromatic carbocycles. The van der Waals surface area contributed by atoms with Gasteiger partial charge in [-0.1, -0.05) is 0 Å². The molecule has 0 bridgehead atoms. The molecule has 0 spiro atoms. The number of benzene rings is 2. The van der Waals surface area contributed by atoms with Crippen LogP contribution in [-0.4, -0.2) is 33.0 Å².